The van der Waals surface area contributed by atoms with Crippen molar-refractivity contribution in [2.75, 3.05) is 7.11 Å². The fraction of sp³-hybridized carbons (Fsp3) is 1.00. The number of rotatable bonds is 6. The molecule has 1 fully saturated rings. The van der Waals surface area contributed by atoms with Crippen molar-refractivity contribution < 1.29 is 4.74 Å². The molecule has 0 heterocycles. The van der Waals surface area contributed by atoms with Gasteiger partial charge in [-0.05, 0) is 37.5 Å². The fourth-order valence-corrected chi connectivity index (χ4v) is 3.60. The second kappa shape index (κ2) is 7.49. The molecule has 0 aromatic carbocycles. The van der Waals surface area contributed by atoms with Gasteiger partial charge in [0.05, 0.1) is 5.60 Å². The molecule has 0 saturated heterocycles. The molecular formula is C16H33NO. The molecule has 1 aliphatic carbocycles. The van der Waals surface area contributed by atoms with Crippen LogP contribution in [0.5, 0.6) is 0 Å². The Balaban J connectivity index is 2.56. The topological polar surface area (TPSA) is 35.2 Å². The van der Waals surface area contributed by atoms with Crippen LogP contribution in [-0.4, -0.2) is 18.8 Å². The van der Waals surface area contributed by atoms with Crippen molar-refractivity contribution in [3.05, 3.63) is 0 Å². The number of hydrogen-bond donors (Lipinski definition) is 1. The summed E-state index contributed by atoms with van der Waals surface area (Å²) < 4.78 is 5.90. The van der Waals surface area contributed by atoms with Crippen LogP contribution in [-0.2, 0) is 4.74 Å². The summed E-state index contributed by atoms with van der Waals surface area (Å²) in [5, 5.41) is 0. The maximum atomic E-state index is 6.52. The summed E-state index contributed by atoms with van der Waals surface area (Å²) in [7, 11) is 1.86. The third-order valence-electron chi connectivity index (χ3n) is 4.56. The van der Waals surface area contributed by atoms with Crippen molar-refractivity contribution in [3.8, 4) is 0 Å². The van der Waals surface area contributed by atoms with Gasteiger partial charge in [0.15, 0.2) is 0 Å². The molecule has 2 nitrogen and oxygen atoms in total. The zero-order valence-corrected chi connectivity index (χ0v) is 12.9. The standard InChI is InChI=1S/C16H33NO/c1-13(2)11-14(3)12-15(17)16(18-4)9-7-5-6-8-10-16/h13-15H,5-12,17H2,1-4H3. The Morgan fingerprint density at radius 2 is 1.56 bits per heavy atom. The number of nitrogens with two attached hydrogens (primary N) is 1. The first-order chi connectivity index (χ1) is 8.50. The van der Waals surface area contributed by atoms with Crippen LogP contribution in [0.3, 0.4) is 0 Å². The van der Waals surface area contributed by atoms with Crippen LogP contribution in [0, 0.1) is 11.8 Å². The molecule has 0 amide bonds. The van der Waals surface area contributed by atoms with Crippen molar-refractivity contribution >= 4 is 0 Å². The first kappa shape index (κ1) is 16.0. The van der Waals surface area contributed by atoms with Gasteiger partial charge in [0.1, 0.15) is 0 Å². The summed E-state index contributed by atoms with van der Waals surface area (Å²) in [6.07, 6.45) is 9.93. The molecule has 108 valence electrons. The Morgan fingerprint density at radius 1 is 1.00 bits per heavy atom. The van der Waals surface area contributed by atoms with E-state index in [-0.39, 0.29) is 11.6 Å². The quantitative estimate of drug-likeness (QED) is 0.724. The Kier molecular flexibility index (Phi) is 6.65. The normalized spacial score (nSPS) is 23.7. The summed E-state index contributed by atoms with van der Waals surface area (Å²) in [6.45, 7) is 6.92. The molecule has 0 aliphatic heterocycles. The van der Waals surface area contributed by atoms with Gasteiger partial charge in [0.2, 0.25) is 0 Å². The molecule has 1 rings (SSSR count). The molecule has 0 aromatic rings. The SMILES string of the molecule is COC1(C(N)CC(C)CC(C)C)CCCCCC1. The minimum absolute atomic E-state index is 0.0399. The van der Waals surface area contributed by atoms with Crippen molar-refractivity contribution in [1.82, 2.24) is 0 Å². The Labute approximate surface area is 114 Å². The second-order valence-corrected chi connectivity index (χ2v) is 6.76. The van der Waals surface area contributed by atoms with Crippen LogP contribution >= 0.6 is 0 Å². The van der Waals surface area contributed by atoms with Gasteiger partial charge >= 0.3 is 0 Å². The molecule has 0 spiro atoms. The van der Waals surface area contributed by atoms with Gasteiger partial charge in [-0.1, -0.05) is 46.5 Å². The number of ether oxygens (including phenoxy) is 1. The Bertz CT molecular complexity index is 219. The van der Waals surface area contributed by atoms with Gasteiger partial charge in [0, 0.05) is 13.2 Å². The van der Waals surface area contributed by atoms with Gasteiger partial charge in [-0.15, -0.1) is 0 Å². The lowest BCUT2D eigenvalue weighted by Crippen LogP contribution is -2.50. The van der Waals surface area contributed by atoms with E-state index in [4.69, 9.17) is 10.5 Å². The van der Waals surface area contributed by atoms with Crippen molar-refractivity contribution in [1.29, 1.82) is 0 Å². The minimum Gasteiger partial charge on any atom is -0.377 e. The van der Waals surface area contributed by atoms with Crippen molar-refractivity contribution in [2.45, 2.75) is 83.8 Å². The first-order valence-corrected chi connectivity index (χ1v) is 7.81. The summed E-state index contributed by atoms with van der Waals surface area (Å²) in [5.41, 5.74) is 6.48. The lowest BCUT2D eigenvalue weighted by Gasteiger charge is -2.38. The predicted octanol–water partition coefficient (Wildman–Crippen LogP) is 4.13. The van der Waals surface area contributed by atoms with E-state index in [2.05, 4.69) is 20.8 Å². The van der Waals surface area contributed by atoms with Crippen molar-refractivity contribution in [2.24, 2.45) is 17.6 Å². The lowest BCUT2D eigenvalue weighted by molar-refractivity contribution is -0.0483. The minimum atomic E-state index is -0.0399. The van der Waals surface area contributed by atoms with Crippen LogP contribution in [0.1, 0.15) is 72.1 Å². The second-order valence-electron chi connectivity index (χ2n) is 6.76. The summed E-state index contributed by atoms with van der Waals surface area (Å²) in [6, 6.07) is 0.203. The highest BCUT2D eigenvalue weighted by Crippen LogP contribution is 2.35. The van der Waals surface area contributed by atoms with Crippen LogP contribution in [0.2, 0.25) is 0 Å². The lowest BCUT2D eigenvalue weighted by atomic mass is 9.80. The van der Waals surface area contributed by atoms with E-state index in [9.17, 15) is 0 Å². The van der Waals surface area contributed by atoms with E-state index in [0.29, 0.717) is 5.92 Å². The fourth-order valence-electron chi connectivity index (χ4n) is 3.60. The molecule has 2 heteroatoms. The van der Waals surface area contributed by atoms with E-state index < -0.39 is 0 Å². The smallest absolute Gasteiger partial charge is 0.0828 e. The van der Waals surface area contributed by atoms with E-state index >= 15 is 0 Å². The van der Waals surface area contributed by atoms with Gasteiger partial charge in [-0.2, -0.15) is 0 Å². The zero-order valence-electron chi connectivity index (χ0n) is 12.9. The average molecular weight is 255 g/mol. The highest BCUT2D eigenvalue weighted by Gasteiger charge is 2.37. The third-order valence-corrected chi connectivity index (χ3v) is 4.56. The number of methoxy groups -OCH3 is 1. The Hall–Kier alpha value is -0.0800. The van der Waals surface area contributed by atoms with Crippen LogP contribution in [0.15, 0.2) is 0 Å². The summed E-state index contributed by atoms with van der Waals surface area (Å²) in [5.74, 6) is 1.47. The van der Waals surface area contributed by atoms with Gasteiger partial charge in [-0.3, -0.25) is 0 Å². The molecule has 1 saturated carbocycles. The van der Waals surface area contributed by atoms with E-state index in [1.807, 2.05) is 7.11 Å². The van der Waals surface area contributed by atoms with Crippen LogP contribution < -0.4 is 5.73 Å². The molecule has 18 heavy (non-hydrogen) atoms. The molecule has 2 N–H and O–H groups in total. The van der Waals surface area contributed by atoms with Gasteiger partial charge in [0.25, 0.3) is 0 Å². The maximum Gasteiger partial charge on any atom is 0.0828 e. The largest absolute Gasteiger partial charge is 0.377 e. The predicted molar refractivity (Wildman–Crippen MR) is 78.7 cm³/mol. The monoisotopic (exact) mass is 255 g/mol. The highest BCUT2D eigenvalue weighted by atomic mass is 16.5. The summed E-state index contributed by atoms with van der Waals surface area (Å²) >= 11 is 0. The van der Waals surface area contributed by atoms with E-state index in [0.717, 1.165) is 25.2 Å². The van der Waals surface area contributed by atoms with E-state index in [1.165, 1.54) is 32.1 Å². The highest BCUT2D eigenvalue weighted by molar-refractivity contribution is 4.93. The molecular weight excluding hydrogens is 222 g/mol. The van der Waals surface area contributed by atoms with Crippen LogP contribution in [0.25, 0.3) is 0 Å². The number of hydrogen-bond acceptors (Lipinski definition) is 2. The molecule has 2 atom stereocenters. The molecule has 0 radical (unpaired) electrons. The zero-order chi connectivity index (χ0) is 13.6. The third kappa shape index (κ3) is 4.55. The Morgan fingerprint density at radius 3 is 2.00 bits per heavy atom. The molecule has 0 bridgehead atoms. The van der Waals surface area contributed by atoms with Gasteiger partial charge in [-0.25, -0.2) is 0 Å². The van der Waals surface area contributed by atoms with Gasteiger partial charge < -0.3 is 10.5 Å². The molecule has 2 unspecified atom stereocenters. The summed E-state index contributed by atoms with van der Waals surface area (Å²) in [4.78, 5) is 0. The van der Waals surface area contributed by atoms with Crippen LogP contribution in [0.4, 0.5) is 0 Å². The maximum absolute atomic E-state index is 6.52. The molecule has 0 aromatic heterocycles. The van der Waals surface area contributed by atoms with E-state index in [1.54, 1.807) is 0 Å². The average Bonchev–Trinajstić information content (AvgIpc) is 2.53. The first-order valence-electron chi connectivity index (χ1n) is 7.81. The molecule has 1 aliphatic rings. The van der Waals surface area contributed by atoms with Crippen molar-refractivity contribution in [3.63, 3.8) is 0 Å².